The molecule has 1 unspecified atom stereocenters. The van der Waals surface area contributed by atoms with Gasteiger partial charge in [-0.25, -0.2) is 0 Å². The van der Waals surface area contributed by atoms with Crippen molar-refractivity contribution in [3.05, 3.63) is 0 Å². The van der Waals surface area contributed by atoms with Gasteiger partial charge in [-0.1, -0.05) is 0 Å². The first-order valence-electron chi connectivity index (χ1n) is 6.81. The van der Waals surface area contributed by atoms with Crippen LogP contribution in [0, 0.1) is 11.8 Å². The SMILES string of the molecule is CN(C)CC1CCN(C(=O)C2CCNC2)CC1.Cl.Cl. The molecule has 0 aromatic rings. The quantitative estimate of drug-likeness (QED) is 0.852. The Balaban J connectivity index is 0.00000162. The average molecular weight is 312 g/mol. The van der Waals surface area contributed by atoms with Gasteiger partial charge in [0, 0.05) is 26.2 Å². The van der Waals surface area contributed by atoms with Gasteiger partial charge in [0.15, 0.2) is 0 Å². The van der Waals surface area contributed by atoms with Gasteiger partial charge in [0.05, 0.1) is 5.92 Å². The molecule has 19 heavy (non-hydrogen) atoms. The van der Waals surface area contributed by atoms with Gasteiger partial charge in [0.25, 0.3) is 0 Å². The number of hydrogen-bond donors (Lipinski definition) is 1. The van der Waals surface area contributed by atoms with Crippen LogP contribution in [0.1, 0.15) is 19.3 Å². The summed E-state index contributed by atoms with van der Waals surface area (Å²) >= 11 is 0. The summed E-state index contributed by atoms with van der Waals surface area (Å²) in [6.07, 6.45) is 3.37. The third kappa shape index (κ3) is 5.46. The summed E-state index contributed by atoms with van der Waals surface area (Å²) < 4.78 is 0. The van der Waals surface area contributed by atoms with Crippen LogP contribution in [0.5, 0.6) is 0 Å². The molecule has 0 radical (unpaired) electrons. The third-order valence-electron chi connectivity index (χ3n) is 3.96. The smallest absolute Gasteiger partial charge is 0.227 e. The van der Waals surface area contributed by atoms with Gasteiger partial charge in [0.1, 0.15) is 0 Å². The second kappa shape index (κ2) is 9.01. The molecule has 114 valence electrons. The molecular weight excluding hydrogens is 285 g/mol. The monoisotopic (exact) mass is 311 g/mol. The molecule has 1 amide bonds. The highest BCUT2D eigenvalue weighted by molar-refractivity contribution is 5.85. The predicted octanol–water partition coefficient (Wildman–Crippen LogP) is 1.24. The van der Waals surface area contributed by atoms with Gasteiger partial charge in [-0.15, -0.1) is 24.8 Å². The molecule has 2 aliphatic heterocycles. The lowest BCUT2D eigenvalue weighted by molar-refractivity contribution is -0.136. The highest BCUT2D eigenvalue weighted by atomic mass is 35.5. The third-order valence-corrected chi connectivity index (χ3v) is 3.96. The van der Waals surface area contributed by atoms with Gasteiger partial charge in [0.2, 0.25) is 5.91 Å². The van der Waals surface area contributed by atoms with Crippen molar-refractivity contribution in [2.24, 2.45) is 11.8 Å². The molecule has 2 rings (SSSR count). The van der Waals surface area contributed by atoms with Crippen molar-refractivity contribution in [2.75, 3.05) is 46.8 Å². The fourth-order valence-electron chi connectivity index (χ4n) is 2.98. The number of amides is 1. The Kier molecular flexibility index (Phi) is 8.99. The maximum absolute atomic E-state index is 12.2. The van der Waals surface area contributed by atoms with Crippen LogP contribution in [0.25, 0.3) is 0 Å². The second-order valence-electron chi connectivity index (χ2n) is 5.72. The van der Waals surface area contributed by atoms with Gasteiger partial charge in [-0.2, -0.15) is 0 Å². The Morgan fingerprint density at radius 3 is 2.32 bits per heavy atom. The van der Waals surface area contributed by atoms with Crippen molar-refractivity contribution < 1.29 is 4.79 Å². The number of nitrogens with zero attached hydrogens (tertiary/aromatic N) is 2. The summed E-state index contributed by atoms with van der Waals surface area (Å²) in [6.45, 7) is 4.98. The van der Waals surface area contributed by atoms with E-state index in [1.807, 2.05) is 0 Å². The van der Waals surface area contributed by atoms with Crippen LogP contribution in [-0.4, -0.2) is 62.5 Å². The van der Waals surface area contributed by atoms with Crippen LogP contribution in [0.2, 0.25) is 0 Å². The van der Waals surface area contributed by atoms with Crippen molar-refractivity contribution in [2.45, 2.75) is 19.3 Å². The second-order valence-corrected chi connectivity index (χ2v) is 5.72. The highest BCUT2D eigenvalue weighted by Gasteiger charge is 2.29. The van der Waals surface area contributed by atoms with E-state index in [4.69, 9.17) is 0 Å². The molecule has 2 saturated heterocycles. The van der Waals surface area contributed by atoms with Crippen molar-refractivity contribution in [1.29, 1.82) is 0 Å². The molecule has 0 aromatic carbocycles. The summed E-state index contributed by atoms with van der Waals surface area (Å²) in [7, 11) is 4.25. The normalized spacial score (nSPS) is 23.9. The first-order valence-corrected chi connectivity index (χ1v) is 6.81. The van der Waals surface area contributed by atoms with Crippen LogP contribution < -0.4 is 5.32 Å². The number of rotatable bonds is 3. The molecule has 0 bridgehead atoms. The number of piperidine rings is 1. The van der Waals surface area contributed by atoms with E-state index in [0.29, 0.717) is 5.91 Å². The van der Waals surface area contributed by atoms with Gasteiger partial charge < -0.3 is 15.1 Å². The maximum Gasteiger partial charge on any atom is 0.227 e. The van der Waals surface area contributed by atoms with E-state index in [2.05, 4.69) is 29.2 Å². The zero-order valence-electron chi connectivity index (χ0n) is 11.9. The molecule has 0 aliphatic carbocycles. The maximum atomic E-state index is 12.2. The molecule has 1 N–H and O–H groups in total. The highest BCUT2D eigenvalue weighted by Crippen LogP contribution is 2.21. The molecular formula is C13H27Cl2N3O. The van der Waals surface area contributed by atoms with Crippen LogP contribution in [0.15, 0.2) is 0 Å². The van der Waals surface area contributed by atoms with Crippen LogP contribution >= 0.6 is 24.8 Å². The largest absolute Gasteiger partial charge is 0.342 e. The zero-order valence-corrected chi connectivity index (χ0v) is 13.6. The summed E-state index contributed by atoms with van der Waals surface area (Å²) in [4.78, 5) is 16.5. The summed E-state index contributed by atoms with van der Waals surface area (Å²) in [5, 5.41) is 3.27. The topological polar surface area (TPSA) is 35.6 Å². The van der Waals surface area contributed by atoms with E-state index >= 15 is 0 Å². The predicted molar refractivity (Wildman–Crippen MR) is 83.3 cm³/mol. The number of halogens is 2. The van der Waals surface area contributed by atoms with Crippen molar-refractivity contribution in [3.63, 3.8) is 0 Å². The Labute approximate surface area is 129 Å². The van der Waals surface area contributed by atoms with Crippen molar-refractivity contribution >= 4 is 30.7 Å². The Morgan fingerprint density at radius 2 is 1.84 bits per heavy atom. The molecule has 0 saturated carbocycles. The van der Waals surface area contributed by atoms with Gasteiger partial charge >= 0.3 is 0 Å². The lowest BCUT2D eigenvalue weighted by atomic mass is 9.95. The lowest BCUT2D eigenvalue weighted by Gasteiger charge is -2.34. The minimum Gasteiger partial charge on any atom is -0.342 e. The zero-order chi connectivity index (χ0) is 12.3. The molecule has 0 spiro atoms. The standard InChI is InChI=1S/C13H25N3O.2ClH/c1-15(2)10-11-4-7-16(8-5-11)13(17)12-3-6-14-9-12;;/h11-12,14H,3-10H2,1-2H3;2*1H. The van der Waals surface area contributed by atoms with E-state index in [9.17, 15) is 4.79 Å². The van der Waals surface area contributed by atoms with Crippen molar-refractivity contribution in [1.82, 2.24) is 15.1 Å². The number of carbonyl (C=O) groups excluding carboxylic acids is 1. The first kappa shape index (κ1) is 19.0. The van der Waals surface area contributed by atoms with Gasteiger partial charge in [-0.05, 0) is 45.8 Å². The molecule has 0 aromatic heterocycles. The van der Waals surface area contributed by atoms with Crippen LogP contribution in [0.3, 0.4) is 0 Å². The molecule has 1 atom stereocenters. The van der Waals surface area contributed by atoms with Crippen molar-refractivity contribution in [3.8, 4) is 0 Å². The van der Waals surface area contributed by atoms with E-state index in [-0.39, 0.29) is 30.7 Å². The summed E-state index contributed by atoms with van der Waals surface area (Å²) in [6, 6.07) is 0. The molecule has 2 aliphatic rings. The fourth-order valence-corrected chi connectivity index (χ4v) is 2.98. The number of nitrogens with one attached hydrogen (secondary N) is 1. The fraction of sp³-hybridized carbons (Fsp3) is 0.923. The van der Waals surface area contributed by atoms with Gasteiger partial charge in [-0.3, -0.25) is 4.79 Å². The molecule has 2 heterocycles. The number of hydrogen-bond acceptors (Lipinski definition) is 3. The van der Waals surface area contributed by atoms with Crippen LogP contribution in [-0.2, 0) is 4.79 Å². The van der Waals surface area contributed by atoms with E-state index in [1.54, 1.807) is 0 Å². The first-order chi connectivity index (χ1) is 8.16. The average Bonchev–Trinajstić information content (AvgIpc) is 2.82. The minimum atomic E-state index is 0. The molecule has 4 nitrogen and oxygen atoms in total. The van der Waals surface area contributed by atoms with E-state index < -0.39 is 0 Å². The number of carbonyl (C=O) groups is 1. The Bertz CT molecular complexity index is 263. The molecule has 2 fully saturated rings. The Morgan fingerprint density at radius 1 is 1.21 bits per heavy atom. The number of likely N-dealkylation sites (tertiary alicyclic amines) is 1. The van der Waals surface area contributed by atoms with E-state index in [1.165, 1.54) is 12.8 Å². The van der Waals surface area contributed by atoms with E-state index in [0.717, 1.165) is 45.1 Å². The minimum absolute atomic E-state index is 0. The summed E-state index contributed by atoms with van der Waals surface area (Å²) in [5.74, 6) is 1.41. The Hall–Kier alpha value is -0.0300. The van der Waals surface area contributed by atoms with Crippen LogP contribution in [0.4, 0.5) is 0 Å². The lowest BCUT2D eigenvalue weighted by Crippen LogP contribution is -2.43. The summed E-state index contributed by atoms with van der Waals surface area (Å²) in [5.41, 5.74) is 0. The molecule has 6 heteroatoms.